The van der Waals surface area contributed by atoms with Gasteiger partial charge >= 0.3 is 6.18 Å². The zero-order chi connectivity index (χ0) is 13.8. The minimum Gasteiger partial charge on any atom is -0.369 e. The molecule has 2 amide bonds. The fraction of sp³-hybridized carbons (Fsp3) is 0.800. The van der Waals surface area contributed by atoms with E-state index >= 15 is 0 Å². The van der Waals surface area contributed by atoms with Gasteiger partial charge in [-0.15, -0.1) is 0 Å². The summed E-state index contributed by atoms with van der Waals surface area (Å²) in [7, 11) is 0. The van der Waals surface area contributed by atoms with Gasteiger partial charge in [0.1, 0.15) is 6.54 Å². The summed E-state index contributed by atoms with van der Waals surface area (Å²) in [6.45, 7) is -0.411. The number of piperidine rings is 1. The number of nitrogens with zero attached hydrogens (tertiary/aromatic N) is 1. The number of alkyl halides is 3. The molecule has 1 saturated heterocycles. The van der Waals surface area contributed by atoms with E-state index < -0.39 is 18.6 Å². The molecule has 0 unspecified atom stereocenters. The van der Waals surface area contributed by atoms with E-state index in [1.54, 1.807) is 10.2 Å². The number of nitrogens with one attached hydrogen (secondary N) is 1. The van der Waals surface area contributed by atoms with E-state index in [1.165, 1.54) is 0 Å². The molecule has 0 spiro atoms. The molecule has 0 aliphatic carbocycles. The lowest BCUT2D eigenvalue weighted by Gasteiger charge is -2.29. The third-order valence-corrected chi connectivity index (χ3v) is 2.84. The van der Waals surface area contributed by atoms with Crippen molar-refractivity contribution in [2.45, 2.75) is 19.0 Å². The first-order chi connectivity index (χ1) is 8.28. The molecule has 0 atom stereocenters. The summed E-state index contributed by atoms with van der Waals surface area (Å²) < 4.78 is 35.6. The molecular weight excluding hydrogens is 251 g/mol. The lowest BCUT2D eigenvalue weighted by Crippen LogP contribution is -2.45. The molecule has 8 heteroatoms. The molecule has 0 aromatic rings. The topological polar surface area (TPSA) is 75.4 Å². The number of rotatable bonds is 4. The van der Waals surface area contributed by atoms with Gasteiger partial charge in [-0.2, -0.15) is 13.2 Å². The standard InChI is InChI=1S/C10H16F3N3O2/c11-10(12,13)6-15-8(17)5-16-3-1-7(2-4-16)9(14)18/h7H,1-6H2,(H2,14,18)(H,15,17). The molecule has 0 bridgehead atoms. The fourth-order valence-corrected chi connectivity index (χ4v) is 1.83. The van der Waals surface area contributed by atoms with E-state index in [2.05, 4.69) is 0 Å². The van der Waals surface area contributed by atoms with Crippen molar-refractivity contribution in [3.8, 4) is 0 Å². The third kappa shape index (κ3) is 5.35. The van der Waals surface area contributed by atoms with E-state index in [0.29, 0.717) is 25.9 Å². The van der Waals surface area contributed by atoms with Crippen molar-refractivity contribution in [1.82, 2.24) is 10.2 Å². The van der Waals surface area contributed by atoms with E-state index in [-0.39, 0.29) is 18.4 Å². The monoisotopic (exact) mass is 267 g/mol. The van der Waals surface area contributed by atoms with Crippen molar-refractivity contribution >= 4 is 11.8 Å². The summed E-state index contributed by atoms with van der Waals surface area (Å²) >= 11 is 0. The Hall–Kier alpha value is -1.31. The predicted octanol–water partition coefficient (Wildman–Crippen LogP) is -0.138. The van der Waals surface area contributed by atoms with Crippen LogP contribution in [0.2, 0.25) is 0 Å². The van der Waals surface area contributed by atoms with Gasteiger partial charge in [-0.05, 0) is 25.9 Å². The van der Waals surface area contributed by atoms with Gasteiger partial charge in [-0.1, -0.05) is 0 Å². The largest absolute Gasteiger partial charge is 0.405 e. The summed E-state index contributed by atoms with van der Waals surface area (Å²) in [6.07, 6.45) is -3.31. The average Bonchev–Trinajstić information content (AvgIpc) is 2.26. The summed E-state index contributed by atoms with van der Waals surface area (Å²) in [6, 6.07) is 0. The second kappa shape index (κ2) is 6.03. The lowest BCUT2D eigenvalue weighted by molar-refractivity contribution is -0.139. The van der Waals surface area contributed by atoms with Gasteiger partial charge in [0.2, 0.25) is 11.8 Å². The number of primary amides is 1. The zero-order valence-electron chi connectivity index (χ0n) is 9.79. The summed E-state index contributed by atoms with van der Waals surface area (Å²) in [5.41, 5.74) is 5.15. The van der Waals surface area contributed by atoms with Crippen LogP contribution in [0.4, 0.5) is 13.2 Å². The van der Waals surface area contributed by atoms with Crippen molar-refractivity contribution in [1.29, 1.82) is 0 Å². The third-order valence-electron chi connectivity index (χ3n) is 2.84. The number of amides is 2. The highest BCUT2D eigenvalue weighted by molar-refractivity contribution is 5.78. The van der Waals surface area contributed by atoms with E-state index in [9.17, 15) is 22.8 Å². The molecule has 1 fully saturated rings. The molecule has 3 N–H and O–H groups in total. The summed E-state index contributed by atoms with van der Waals surface area (Å²) in [5, 5.41) is 1.81. The predicted molar refractivity (Wildman–Crippen MR) is 57.4 cm³/mol. The Morgan fingerprint density at radius 1 is 1.28 bits per heavy atom. The Morgan fingerprint density at radius 3 is 2.28 bits per heavy atom. The van der Waals surface area contributed by atoms with Gasteiger partial charge in [0.05, 0.1) is 6.54 Å². The van der Waals surface area contributed by atoms with E-state index in [0.717, 1.165) is 0 Å². The minimum absolute atomic E-state index is 0.0818. The Labute approximate surface area is 102 Å². The van der Waals surface area contributed by atoms with Crippen LogP contribution in [0.15, 0.2) is 0 Å². The van der Waals surface area contributed by atoms with Crippen molar-refractivity contribution in [2.75, 3.05) is 26.2 Å². The van der Waals surface area contributed by atoms with E-state index in [4.69, 9.17) is 5.73 Å². The molecule has 1 heterocycles. The quantitative estimate of drug-likeness (QED) is 0.744. The van der Waals surface area contributed by atoms with E-state index in [1.807, 2.05) is 0 Å². The Kier molecular flexibility index (Phi) is 4.94. The normalized spacial score (nSPS) is 18.6. The molecule has 1 rings (SSSR count). The number of hydrogen-bond acceptors (Lipinski definition) is 3. The Morgan fingerprint density at radius 2 is 1.83 bits per heavy atom. The first-order valence-corrected chi connectivity index (χ1v) is 5.63. The maximum absolute atomic E-state index is 11.9. The molecule has 0 aromatic heterocycles. The number of hydrogen-bond donors (Lipinski definition) is 2. The first-order valence-electron chi connectivity index (χ1n) is 5.63. The van der Waals surface area contributed by atoms with Gasteiger partial charge in [0.15, 0.2) is 0 Å². The van der Waals surface area contributed by atoms with Crippen LogP contribution in [-0.4, -0.2) is 49.1 Å². The molecule has 0 aromatic carbocycles. The van der Waals surface area contributed by atoms with Crippen LogP contribution in [0, 0.1) is 5.92 Å². The van der Waals surface area contributed by atoms with Crippen LogP contribution < -0.4 is 11.1 Å². The number of nitrogens with two attached hydrogens (primary N) is 1. The van der Waals surface area contributed by atoms with Crippen LogP contribution >= 0.6 is 0 Å². The SMILES string of the molecule is NC(=O)C1CCN(CC(=O)NCC(F)(F)F)CC1. The number of carbonyl (C=O) groups excluding carboxylic acids is 2. The second-order valence-electron chi connectivity index (χ2n) is 4.34. The molecule has 1 aliphatic heterocycles. The number of likely N-dealkylation sites (tertiary alicyclic amines) is 1. The molecule has 1 aliphatic rings. The highest BCUT2D eigenvalue weighted by Gasteiger charge is 2.29. The molecule has 104 valence electrons. The van der Waals surface area contributed by atoms with Crippen LogP contribution in [-0.2, 0) is 9.59 Å². The van der Waals surface area contributed by atoms with Crippen LogP contribution in [0.1, 0.15) is 12.8 Å². The van der Waals surface area contributed by atoms with Gasteiger partial charge in [-0.25, -0.2) is 0 Å². The van der Waals surface area contributed by atoms with Crippen LogP contribution in [0.5, 0.6) is 0 Å². The number of halogens is 3. The smallest absolute Gasteiger partial charge is 0.369 e. The Balaban J connectivity index is 2.24. The lowest BCUT2D eigenvalue weighted by atomic mass is 9.96. The maximum Gasteiger partial charge on any atom is 0.405 e. The van der Waals surface area contributed by atoms with Crippen LogP contribution in [0.25, 0.3) is 0 Å². The van der Waals surface area contributed by atoms with Gasteiger partial charge in [0.25, 0.3) is 0 Å². The molecule has 0 radical (unpaired) electrons. The summed E-state index contributed by atoms with van der Waals surface area (Å²) in [5.74, 6) is -1.22. The van der Waals surface area contributed by atoms with Crippen molar-refractivity contribution in [2.24, 2.45) is 11.7 Å². The molecule has 0 saturated carbocycles. The molecule has 5 nitrogen and oxygen atoms in total. The van der Waals surface area contributed by atoms with Gasteiger partial charge in [-0.3, -0.25) is 14.5 Å². The minimum atomic E-state index is -4.39. The molecule has 18 heavy (non-hydrogen) atoms. The zero-order valence-corrected chi connectivity index (χ0v) is 9.79. The summed E-state index contributed by atoms with van der Waals surface area (Å²) in [4.78, 5) is 23.8. The highest BCUT2D eigenvalue weighted by atomic mass is 19.4. The van der Waals surface area contributed by atoms with Crippen molar-refractivity contribution < 1.29 is 22.8 Å². The first kappa shape index (κ1) is 14.7. The average molecular weight is 267 g/mol. The fourth-order valence-electron chi connectivity index (χ4n) is 1.83. The highest BCUT2D eigenvalue weighted by Crippen LogP contribution is 2.16. The van der Waals surface area contributed by atoms with Gasteiger partial charge in [0, 0.05) is 5.92 Å². The molecular formula is C10H16F3N3O2. The maximum atomic E-state index is 11.9. The number of carbonyl (C=O) groups is 2. The van der Waals surface area contributed by atoms with Crippen molar-refractivity contribution in [3.63, 3.8) is 0 Å². The van der Waals surface area contributed by atoms with Crippen LogP contribution in [0.3, 0.4) is 0 Å². The Bertz CT molecular complexity index is 312. The second-order valence-corrected chi connectivity index (χ2v) is 4.34. The van der Waals surface area contributed by atoms with Gasteiger partial charge < -0.3 is 11.1 Å². The van der Waals surface area contributed by atoms with Crippen molar-refractivity contribution in [3.05, 3.63) is 0 Å².